The maximum Gasteiger partial charge on any atom is 0.312 e. The zero-order valence-corrected chi connectivity index (χ0v) is 28.4. The predicted octanol–water partition coefficient (Wildman–Crippen LogP) is 0.195. The van der Waals surface area contributed by atoms with Gasteiger partial charge in [-0.15, -0.1) is 0 Å². The number of benzene rings is 2. The number of carbonyl (C=O) groups is 7. The molecule has 0 radical (unpaired) electrons. The van der Waals surface area contributed by atoms with Crippen LogP contribution in [0.1, 0.15) is 63.4 Å². The molecule has 276 valence electrons. The Kier molecular flexibility index (Phi) is 14.1. The van der Waals surface area contributed by atoms with Gasteiger partial charge in [-0.2, -0.15) is 0 Å². The molecule has 5 atom stereocenters. The number of piperidine rings is 1. The van der Waals surface area contributed by atoms with Crippen LogP contribution in [0.4, 0.5) is 4.79 Å². The first kappa shape index (κ1) is 38.6. The number of urea groups is 1. The van der Waals surface area contributed by atoms with Gasteiger partial charge in [-0.05, 0) is 74.1 Å². The Hall–Kier alpha value is -5.25. The number of fused-ring (bicyclic) bond motifs is 1. The molecule has 16 nitrogen and oxygen atoms in total. The summed E-state index contributed by atoms with van der Waals surface area (Å²) < 4.78 is 5.04. The predicted molar refractivity (Wildman–Crippen MR) is 185 cm³/mol. The van der Waals surface area contributed by atoms with Gasteiger partial charge in [0.2, 0.25) is 23.6 Å². The van der Waals surface area contributed by atoms with E-state index in [9.17, 15) is 33.6 Å². The highest BCUT2D eigenvalue weighted by Crippen LogP contribution is 2.22. The van der Waals surface area contributed by atoms with Gasteiger partial charge in [0.05, 0.1) is 6.61 Å². The minimum Gasteiger partial charge on any atom is -0.481 e. The van der Waals surface area contributed by atoms with Crippen molar-refractivity contribution in [1.82, 2.24) is 26.2 Å². The molecule has 0 aliphatic carbocycles. The maximum absolute atomic E-state index is 14.0. The second kappa shape index (κ2) is 18.7. The Morgan fingerprint density at radius 3 is 2.24 bits per heavy atom. The lowest BCUT2D eigenvalue weighted by molar-refractivity contribution is -0.146. The number of hydrogen-bond donors (Lipinski definition) is 7. The lowest BCUT2D eigenvalue weighted by Crippen LogP contribution is -2.60. The van der Waals surface area contributed by atoms with E-state index in [1.807, 2.05) is 42.5 Å². The summed E-state index contributed by atoms with van der Waals surface area (Å²) in [6.45, 7) is 0.605. The smallest absolute Gasteiger partial charge is 0.312 e. The largest absolute Gasteiger partial charge is 0.481 e. The molecule has 7 amide bonds. The van der Waals surface area contributed by atoms with E-state index in [1.165, 1.54) is 4.90 Å². The Bertz CT molecular complexity index is 1600. The van der Waals surface area contributed by atoms with Crippen LogP contribution in [0.3, 0.4) is 0 Å². The average molecular weight is 710 g/mol. The van der Waals surface area contributed by atoms with Crippen molar-refractivity contribution in [2.24, 2.45) is 11.5 Å². The van der Waals surface area contributed by atoms with E-state index in [4.69, 9.17) is 21.3 Å². The number of nitrogens with two attached hydrogens (primary N) is 2. The molecule has 9 N–H and O–H groups in total. The van der Waals surface area contributed by atoms with Crippen LogP contribution in [0.15, 0.2) is 42.5 Å². The van der Waals surface area contributed by atoms with Crippen LogP contribution in [0.25, 0.3) is 10.8 Å². The first-order valence-electron chi connectivity index (χ1n) is 17.3. The van der Waals surface area contributed by atoms with Gasteiger partial charge in [0.15, 0.2) is 6.10 Å². The molecule has 2 aromatic rings. The van der Waals surface area contributed by atoms with Crippen molar-refractivity contribution in [1.29, 1.82) is 0 Å². The Labute approximate surface area is 295 Å². The summed E-state index contributed by atoms with van der Waals surface area (Å²) in [7, 11) is 0. The van der Waals surface area contributed by atoms with Crippen LogP contribution < -0.4 is 32.7 Å². The summed E-state index contributed by atoms with van der Waals surface area (Å²) in [6.07, 6.45) is 1.78. The maximum atomic E-state index is 14.0. The molecule has 2 heterocycles. The number of likely N-dealkylation sites (tertiary alicyclic amines) is 1. The second-order valence-corrected chi connectivity index (χ2v) is 12.9. The fourth-order valence-electron chi connectivity index (χ4n) is 6.16. The third-order valence-corrected chi connectivity index (χ3v) is 9.01. The lowest BCUT2D eigenvalue weighted by atomic mass is 9.97. The number of primary amides is 2. The van der Waals surface area contributed by atoms with Crippen LogP contribution in [-0.4, -0.2) is 102 Å². The average Bonchev–Trinajstić information content (AvgIpc) is 3.96. The number of aliphatic carboxylic acids is 1. The van der Waals surface area contributed by atoms with Gasteiger partial charge in [-0.1, -0.05) is 42.5 Å². The van der Waals surface area contributed by atoms with Crippen molar-refractivity contribution in [3.05, 3.63) is 48.0 Å². The van der Waals surface area contributed by atoms with Gasteiger partial charge >= 0.3 is 12.0 Å². The molecule has 51 heavy (non-hydrogen) atoms. The zero-order valence-electron chi connectivity index (χ0n) is 28.4. The fraction of sp³-hybridized carbons (Fsp3) is 0.514. The Balaban J connectivity index is 1.51. The summed E-state index contributed by atoms with van der Waals surface area (Å²) in [6, 6.07) is 8.73. The highest BCUT2D eigenvalue weighted by atomic mass is 16.6. The van der Waals surface area contributed by atoms with Gasteiger partial charge in [0, 0.05) is 19.5 Å². The molecule has 2 saturated heterocycles. The van der Waals surface area contributed by atoms with Crippen molar-refractivity contribution in [3.8, 4) is 0 Å². The van der Waals surface area contributed by atoms with E-state index < -0.39 is 71.8 Å². The third kappa shape index (κ3) is 11.9. The number of nitrogens with zero attached hydrogens (tertiary/aromatic N) is 1. The van der Waals surface area contributed by atoms with Crippen LogP contribution in [-0.2, 0) is 39.9 Å². The summed E-state index contributed by atoms with van der Waals surface area (Å²) in [4.78, 5) is 89.9. The monoisotopic (exact) mass is 709 g/mol. The number of aryl methyl sites for hydroxylation is 1. The van der Waals surface area contributed by atoms with Gasteiger partial charge < -0.3 is 47.5 Å². The molecule has 0 bridgehead atoms. The molecule has 0 aromatic heterocycles. The molecule has 2 aromatic carbocycles. The summed E-state index contributed by atoms with van der Waals surface area (Å²) >= 11 is 0. The lowest BCUT2D eigenvalue weighted by Gasteiger charge is -2.37. The number of rotatable bonds is 19. The zero-order chi connectivity index (χ0) is 36.9. The SMILES string of the molecule is NC(=O)NCCC[C@H](NC(=O)[C@H](CCc1ccc2ccccc2c1)NC(=O)[C@@H]1CCCCN1C(=O)[C@H](CCCC(=O)O)NC(=O)C1CO1)C(N)=O. The number of amides is 7. The Morgan fingerprint density at radius 2 is 1.55 bits per heavy atom. The van der Waals surface area contributed by atoms with Crippen molar-refractivity contribution in [3.63, 3.8) is 0 Å². The first-order valence-corrected chi connectivity index (χ1v) is 17.3. The normalized spacial score (nSPS) is 18.5. The van der Waals surface area contributed by atoms with Gasteiger partial charge in [0.1, 0.15) is 24.2 Å². The third-order valence-electron chi connectivity index (χ3n) is 9.01. The minimum absolute atomic E-state index is 0.0503. The van der Waals surface area contributed by atoms with E-state index in [0.29, 0.717) is 32.1 Å². The molecular formula is C35H47N7O9. The van der Waals surface area contributed by atoms with E-state index in [-0.39, 0.29) is 51.8 Å². The van der Waals surface area contributed by atoms with Crippen LogP contribution in [0, 0.1) is 0 Å². The van der Waals surface area contributed by atoms with Crippen molar-refractivity contribution in [2.75, 3.05) is 19.7 Å². The van der Waals surface area contributed by atoms with E-state index >= 15 is 0 Å². The molecular weight excluding hydrogens is 662 g/mol. The van der Waals surface area contributed by atoms with E-state index in [2.05, 4.69) is 21.3 Å². The molecule has 4 rings (SSSR count). The summed E-state index contributed by atoms with van der Waals surface area (Å²) in [5.41, 5.74) is 11.6. The van der Waals surface area contributed by atoms with Gasteiger partial charge in [-0.3, -0.25) is 28.8 Å². The first-order chi connectivity index (χ1) is 24.4. The number of carboxylic acid groups (broad SMARTS) is 1. The molecule has 2 aliphatic rings. The minimum atomic E-state index is -1.12. The van der Waals surface area contributed by atoms with Crippen molar-refractivity contribution >= 4 is 52.3 Å². The molecule has 2 fully saturated rings. The van der Waals surface area contributed by atoms with Crippen molar-refractivity contribution in [2.45, 2.75) is 94.5 Å². The molecule has 16 heteroatoms. The van der Waals surface area contributed by atoms with E-state index in [1.54, 1.807) is 0 Å². The van der Waals surface area contributed by atoms with Crippen LogP contribution in [0.5, 0.6) is 0 Å². The molecule has 0 saturated carbocycles. The molecule has 2 aliphatic heterocycles. The fourth-order valence-corrected chi connectivity index (χ4v) is 6.16. The highest BCUT2D eigenvalue weighted by Gasteiger charge is 2.39. The number of nitrogens with one attached hydrogen (secondary N) is 4. The van der Waals surface area contributed by atoms with Gasteiger partial charge in [-0.25, -0.2) is 4.79 Å². The molecule has 1 unspecified atom stereocenters. The Morgan fingerprint density at radius 1 is 0.843 bits per heavy atom. The van der Waals surface area contributed by atoms with Crippen molar-refractivity contribution < 1.29 is 43.4 Å². The standard InChI is InChI=1S/C35H47N7O9/c36-30(45)24(10-6-17-38-35(37)50)39-31(46)25(16-14-21-13-15-22-7-1-2-8-23(22)19-21)40-32(47)27-11-3-4-18-42(27)34(49)26(9-5-12-29(43)44)41-33(48)28-20-51-28/h1-2,7-8,13,15,19,24-28H,3-6,9-12,14,16-18,20H2,(H2,36,45)(H,39,46)(H,40,47)(H,41,48)(H,43,44)(H3,37,38,50)/t24-,25-,26-,27-,28?/m0/s1. The number of carbonyl (C=O) groups excluding carboxylic acids is 6. The van der Waals surface area contributed by atoms with Crippen LogP contribution >= 0.6 is 0 Å². The topological polar surface area (TPSA) is 256 Å². The summed E-state index contributed by atoms with van der Waals surface area (Å²) in [5.74, 6) is -4.07. The van der Waals surface area contributed by atoms with E-state index in [0.717, 1.165) is 16.3 Å². The quantitative estimate of drug-likeness (QED) is 0.0775. The number of ether oxygens (including phenoxy) is 1. The number of hydrogen-bond acceptors (Lipinski definition) is 8. The number of epoxide rings is 1. The van der Waals surface area contributed by atoms with Crippen LogP contribution in [0.2, 0.25) is 0 Å². The molecule has 0 spiro atoms. The second-order valence-electron chi connectivity index (χ2n) is 12.9. The summed E-state index contributed by atoms with van der Waals surface area (Å²) in [5, 5.41) is 21.7. The number of carboxylic acids is 1. The van der Waals surface area contributed by atoms with Gasteiger partial charge in [0.25, 0.3) is 5.91 Å². The highest BCUT2D eigenvalue weighted by molar-refractivity contribution is 5.96.